The zero-order valence-corrected chi connectivity index (χ0v) is 17.1. The van der Waals surface area contributed by atoms with Gasteiger partial charge in [-0.2, -0.15) is 0 Å². The maximum atomic E-state index is 12.2. The maximum Gasteiger partial charge on any atom is 0.230 e. The van der Waals surface area contributed by atoms with Crippen LogP contribution in [0.2, 0.25) is 0 Å². The van der Waals surface area contributed by atoms with Gasteiger partial charge in [0.1, 0.15) is 10.8 Å². The third-order valence-corrected chi connectivity index (χ3v) is 5.94. The van der Waals surface area contributed by atoms with E-state index in [1.165, 1.54) is 23.5 Å². The summed E-state index contributed by atoms with van der Waals surface area (Å²) in [5.74, 6) is 0.597. The molecule has 0 fully saturated rings. The van der Waals surface area contributed by atoms with Crippen molar-refractivity contribution < 1.29 is 17.9 Å². The summed E-state index contributed by atoms with van der Waals surface area (Å²) in [5, 5.41) is 5.45. The van der Waals surface area contributed by atoms with Crippen LogP contribution in [-0.4, -0.2) is 32.2 Å². The highest BCUT2D eigenvalue weighted by Crippen LogP contribution is 2.26. The standard InChI is InChI=1S/C20H20N2O4S2/c1-3-26-17-8-4-14(5-9-17)20-22-16(13-27-20)12-19(23)21-15-6-10-18(11-7-15)28(2,24)25/h4-11,13H,3,12H2,1-2H3,(H,21,23). The molecule has 1 amide bonds. The minimum atomic E-state index is -3.26. The van der Waals surface area contributed by atoms with E-state index in [0.717, 1.165) is 22.6 Å². The highest BCUT2D eigenvalue weighted by atomic mass is 32.2. The van der Waals surface area contributed by atoms with Crippen LogP contribution in [0, 0.1) is 0 Å². The molecule has 0 aliphatic carbocycles. The summed E-state index contributed by atoms with van der Waals surface area (Å²) >= 11 is 1.48. The van der Waals surface area contributed by atoms with Crippen molar-refractivity contribution in [1.82, 2.24) is 4.98 Å². The van der Waals surface area contributed by atoms with Gasteiger partial charge in [0.2, 0.25) is 5.91 Å². The Morgan fingerprint density at radius 2 is 1.79 bits per heavy atom. The monoisotopic (exact) mass is 416 g/mol. The van der Waals surface area contributed by atoms with Crippen molar-refractivity contribution >= 4 is 32.8 Å². The molecule has 0 radical (unpaired) electrons. The fraction of sp³-hybridized carbons (Fsp3) is 0.200. The number of hydrogen-bond acceptors (Lipinski definition) is 6. The van der Waals surface area contributed by atoms with Crippen molar-refractivity contribution in [2.45, 2.75) is 18.2 Å². The first kappa shape index (κ1) is 20.0. The first-order chi connectivity index (χ1) is 13.3. The van der Waals surface area contributed by atoms with E-state index < -0.39 is 9.84 Å². The Kier molecular flexibility index (Phi) is 6.11. The van der Waals surface area contributed by atoms with Gasteiger partial charge < -0.3 is 10.1 Å². The van der Waals surface area contributed by atoms with Crippen LogP contribution in [0.5, 0.6) is 5.75 Å². The summed E-state index contributed by atoms with van der Waals surface area (Å²) in [6.45, 7) is 2.55. The molecule has 0 aliphatic rings. The second-order valence-electron chi connectivity index (χ2n) is 6.12. The van der Waals surface area contributed by atoms with Crippen LogP contribution >= 0.6 is 11.3 Å². The van der Waals surface area contributed by atoms with Gasteiger partial charge in [0.15, 0.2) is 9.84 Å². The molecule has 6 nitrogen and oxygen atoms in total. The average Bonchev–Trinajstić information content (AvgIpc) is 3.10. The summed E-state index contributed by atoms with van der Waals surface area (Å²) in [6, 6.07) is 13.8. The zero-order chi connectivity index (χ0) is 20.1. The molecule has 0 atom stereocenters. The smallest absolute Gasteiger partial charge is 0.230 e. The average molecular weight is 417 g/mol. The number of thiazole rings is 1. The molecule has 1 heterocycles. The van der Waals surface area contributed by atoms with E-state index in [1.807, 2.05) is 36.6 Å². The van der Waals surface area contributed by atoms with Crippen LogP contribution in [0.3, 0.4) is 0 Å². The largest absolute Gasteiger partial charge is 0.494 e. The van der Waals surface area contributed by atoms with E-state index in [-0.39, 0.29) is 17.2 Å². The number of carbonyl (C=O) groups excluding carboxylic acids is 1. The molecule has 0 spiro atoms. The normalized spacial score (nSPS) is 11.2. The Labute approximate surface area is 168 Å². The van der Waals surface area contributed by atoms with E-state index in [1.54, 1.807) is 12.1 Å². The molecule has 0 unspecified atom stereocenters. The number of ether oxygens (including phenoxy) is 1. The van der Waals surface area contributed by atoms with Crippen molar-refractivity contribution in [3.8, 4) is 16.3 Å². The SMILES string of the molecule is CCOc1ccc(-c2nc(CC(=O)Nc3ccc(S(C)(=O)=O)cc3)cs2)cc1. The molecule has 8 heteroatoms. The molecular formula is C20H20N2O4S2. The summed E-state index contributed by atoms with van der Waals surface area (Å²) < 4.78 is 28.4. The van der Waals surface area contributed by atoms with Gasteiger partial charge in [-0.15, -0.1) is 11.3 Å². The van der Waals surface area contributed by atoms with E-state index in [0.29, 0.717) is 18.0 Å². The summed E-state index contributed by atoms with van der Waals surface area (Å²) in [5.41, 5.74) is 2.19. The van der Waals surface area contributed by atoms with Gasteiger partial charge in [0.25, 0.3) is 0 Å². The minimum Gasteiger partial charge on any atom is -0.494 e. The van der Waals surface area contributed by atoms with Gasteiger partial charge in [0.05, 0.1) is 23.6 Å². The quantitative estimate of drug-likeness (QED) is 0.633. The fourth-order valence-electron chi connectivity index (χ4n) is 2.54. The first-order valence-electron chi connectivity index (χ1n) is 8.63. The lowest BCUT2D eigenvalue weighted by atomic mass is 10.2. The minimum absolute atomic E-state index is 0.140. The van der Waals surface area contributed by atoms with Crippen LogP contribution in [-0.2, 0) is 21.1 Å². The number of hydrogen-bond donors (Lipinski definition) is 1. The summed E-state index contributed by atoms with van der Waals surface area (Å²) in [4.78, 5) is 17.0. The highest BCUT2D eigenvalue weighted by molar-refractivity contribution is 7.90. The molecule has 0 saturated heterocycles. The number of nitrogens with one attached hydrogen (secondary N) is 1. The Hall–Kier alpha value is -2.71. The Bertz CT molecular complexity index is 1060. The van der Waals surface area contributed by atoms with Gasteiger partial charge in [-0.1, -0.05) is 0 Å². The highest BCUT2D eigenvalue weighted by Gasteiger charge is 2.11. The van der Waals surface area contributed by atoms with Crippen molar-refractivity contribution in [1.29, 1.82) is 0 Å². The van der Waals surface area contributed by atoms with Crippen molar-refractivity contribution in [3.05, 3.63) is 59.6 Å². The summed E-state index contributed by atoms with van der Waals surface area (Å²) in [6.07, 6.45) is 1.28. The second kappa shape index (κ2) is 8.53. The Morgan fingerprint density at radius 1 is 1.11 bits per heavy atom. The number of nitrogens with zero attached hydrogens (tertiary/aromatic N) is 1. The molecule has 0 bridgehead atoms. The Morgan fingerprint density at radius 3 is 2.39 bits per heavy atom. The fourth-order valence-corrected chi connectivity index (χ4v) is 3.99. The number of aromatic nitrogens is 1. The Balaban J connectivity index is 1.62. The van der Waals surface area contributed by atoms with Crippen molar-refractivity contribution in [2.24, 2.45) is 0 Å². The molecule has 146 valence electrons. The number of amides is 1. The molecule has 1 N–H and O–H groups in total. The molecule has 28 heavy (non-hydrogen) atoms. The molecule has 1 aromatic heterocycles. The van der Waals surface area contributed by atoms with Gasteiger partial charge in [-0.25, -0.2) is 13.4 Å². The van der Waals surface area contributed by atoms with Crippen LogP contribution in [0.1, 0.15) is 12.6 Å². The maximum absolute atomic E-state index is 12.2. The number of sulfone groups is 1. The molecule has 2 aromatic carbocycles. The van der Waals surface area contributed by atoms with Crippen LogP contribution in [0.25, 0.3) is 10.6 Å². The molecule has 0 saturated carbocycles. The third-order valence-electron chi connectivity index (χ3n) is 3.87. The lowest BCUT2D eigenvalue weighted by Gasteiger charge is -2.05. The zero-order valence-electron chi connectivity index (χ0n) is 15.5. The van der Waals surface area contributed by atoms with Crippen LogP contribution in [0.4, 0.5) is 5.69 Å². The van der Waals surface area contributed by atoms with E-state index in [4.69, 9.17) is 4.74 Å². The lowest BCUT2D eigenvalue weighted by molar-refractivity contribution is -0.115. The molecule has 3 aromatic rings. The molecule has 3 rings (SSSR count). The molecular weight excluding hydrogens is 396 g/mol. The number of benzene rings is 2. The van der Waals surface area contributed by atoms with Gasteiger partial charge in [0, 0.05) is 22.9 Å². The van der Waals surface area contributed by atoms with Gasteiger partial charge >= 0.3 is 0 Å². The lowest BCUT2D eigenvalue weighted by Crippen LogP contribution is -2.14. The first-order valence-corrected chi connectivity index (χ1v) is 11.4. The van der Waals surface area contributed by atoms with E-state index in [2.05, 4.69) is 10.3 Å². The number of carbonyl (C=O) groups is 1. The topological polar surface area (TPSA) is 85.4 Å². The third kappa shape index (κ3) is 5.17. The second-order valence-corrected chi connectivity index (χ2v) is 9.00. The van der Waals surface area contributed by atoms with Crippen LogP contribution < -0.4 is 10.1 Å². The van der Waals surface area contributed by atoms with Crippen molar-refractivity contribution in [3.63, 3.8) is 0 Å². The predicted octanol–water partition coefficient (Wildman–Crippen LogP) is 3.79. The molecule has 0 aliphatic heterocycles. The number of anilines is 1. The van der Waals surface area contributed by atoms with Gasteiger partial charge in [-0.05, 0) is 55.5 Å². The number of rotatable bonds is 7. The predicted molar refractivity (Wildman–Crippen MR) is 111 cm³/mol. The van der Waals surface area contributed by atoms with E-state index in [9.17, 15) is 13.2 Å². The van der Waals surface area contributed by atoms with E-state index >= 15 is 0 Å². The van der Waals surface area contributed by atoms with Crippen molar-refractivity contribution in [2.75, 3.05) is 18.2 Å². The van der Waals surface area contributed by atoms with Gasteiger partial charge in [-0.3, -0.25) is 4.79 Å². The summed E-state index contributed by atoms with van der Waals surface area (Å²) in [7, 11) is -3.26. The van der Waals surface area contributed by atoms with Crippen LogP contribution in [0.15, 0.2) is 58.8 Å².